The zero-order valence-electron chi connectivity index (χ0n) is 10.6. The highest BCUT2D eigenvalue weighted by molar-refractivity contribution is 7.53. The number of rotatable bonds is 7. The van der Waals surface area contributed by atoms with E-state index in [1.165, 1.54) is 0 Å². The summed E-state index contributed by atoms with van der Waals surface area (Å²) in [5, 5.41) is 10.7. The summed E-state index contributed by atoms with van der Waals surface area (Å²) in [5.74, 6) is -1.94. The molecule has 1 rings (SSSR count). The van der Waals surface area contributed by atoms with Gasteiger partial charge in [0.1, 0.15) is 5.66 Å². The van der Waals surface area contributed by atoms with Crippen LogP contribution in [0.3, 0.4) is 0 Å². The maximum atomic E-state index is 11.8. The Morgan fingerprint density at radius 3 is 2.30 bits per heavy atom. The molecule has 0 aliphatic heterocycles. The average Bonchev–Trinajstić information content (AvgIpc) is 2.35. The molecule has 1 atom stereocenters. The Morgan fingerprint density at radius 1 is 1.20 bits per heavy atom. The summed E-state index contributed by atoms with van der Waals surface area (Å²) in [4.78, 5) is 40.6. The molecule has 20 heavy (non-hydrogen) atoms. The molecule has 0 saturated heterocycles. The molecule has 110 valence electrons. The summed E-state index contributed by atoms with van der Waals surface area (Å²) in [6, 6.07) is 8.48. The first-order chi connectivity index (χ1) is 9.30. The van der Waals surface area contributed by atoms with Crippen LogP contribution in [0.2, 0.25) is 0 Å². The lowest BCUT2D eigenvalue weighted by atomic mass is 10.1. The van der Waals surface area contributed by atoms with Gasteiger partial charge in [-0.3, -0.25) is 14.2 Å². The van der Waals surface area contributed by atoms with Crippen LogP contribution < -0.4 is 5.32 Å². The van der Waals surface area contributed by atoms with E-state index in [2.05, 4.69) is 5.32 Å². The number of nitrogens with one attached hydrogen (secondary N) is 1. The van der Waals surface area contributed by atoms with Gasteiger partial charge in [0, 0.05) is 6.54 Å². The van der Waals surface area contributed by atoms with Crippen LogP contribution in [0, 0.1) is 0 Å². The largest absolute Gasteiger partial charge is 0.481 e. The quantitative estimate of drug-likeness (QED) is 0.539. The van der Waals surface area contributed by atoms with Crippen molar-refractivity contribution in [3.05, 3.63) is 35.9 Å². The third-order valence-corrected chi connectivity index (χ3v) is 3.85. The van der Waals surface area contributed by atoms with E-state index in [1.54, 1.807) is 30.3 Å². The molecule has 1 aromatic carbocycles. The van der Waals surface area contributed by atoms with Gasteiger partial charge in [-0.1, -0.05) is 30.3 Å². The van der Waals surface area contributed by atoms with Gasteiger partial charge in [-0.2, -0.15) is 0 Å². The number of benzene rings is 1. The molecule has 0 aliphatic rings. The van der Waals surface area contributed by atoms with Gasteiger partial charge in [0.05, 0.1) is 6.42 Å². The number of amides is 1. The van der Waals surface area contributed by atoms with Gasteiger partial charge < -0.3 is 20.2 Å². The number of carboxylic acids is 1. The maximum absolute atomic E-state index is 11.8. The Kier molecular flexibility index (Phi) is 5.88. The molecule has 1 amide bonds. The zero-order chi connectivity index (χ0) is 15.2. The van der Waals surface area contributed by atoms with Crippen LogP contribution >= 0.6 is 7.60 Å². The third-order valence-electron chi connectivity index (χ3n) is 2.62. The zero-order valence-corrected chi connectivity index (χ0v) is 11.5. The van der Waals surface area contributed by atoms with Crippen LogP contribution in [0.25, 0.3) is 0 Å². The minimum atomic E-state index is -4.62. The topological polar surface area (TPSA) is 124 Å². The van der Waals surface area contributed by atoms with Crippen molar-refractivity contribution >= 4 is 19.5 Å². The highest BCUT2D eigenvalue weighted by atomic mass is 31.2. The van der Waals surface area contributed by atoms with E-state index in [0.717, 1.165) is 0 Å². The number of carbonyl (C=O) groups is 2. The van der Waals surface area contributed by atoms with E-state index in [4.69, 9.17) is 5.11 Å². The standard InChI is InChI=1S/C12H16NO6P/c14-11(15)6-7-13-12(16)10(20(17,18)19)8-9-4-2-1-3-5-9/h1-5,10H,6-8H2,(H,13,16)(H,14,15)(H2,17,18,19). The molecule has 4 N–H and O–H groups in total. The Balaban J connectivity index is 2.72. The summed E-state index contributed by atoms with van der Waals surface area (Å²) in [5.41, 5.74) is -0.895. The smallest absolute Gasteiger partial charge is 0.338 e. The molecular formula is C12H16NO6P. The van der Waals surface area contributed by atoms with Crippen molar-refractivity contribution in [1.29, 1.82) is 0 Å². The van der Waals surface area contributed by atoms with Crippen LogP contribution in [0.4, 0.5) is 0 Å². The van der Waals surface area contributed by atoms with E-state index in [9.17, 15) is 23.9 Å². The molecule has 8 heteroatoms. The maximum Gasteiger partial charge on any atom is 0.338 e. The number of aliphatic carboxylic acids is 1. The van der Waals surface area contributed by atoms with Crippen LogP contribution in [-0.4, -0.2) is 39.0 Å². The Bertz CT molecular complexity index is 512. The summed E-state index contributed by atoms with van der Waals surface area (Å²) in [7, 11) is -4.62. The predicted octanol–water partition coefficient (Wildman–Crippen LogP) is 0.366. The molecule has 7 nitrogen and oxygen atoms in total. The van der Waals surface area contributed by atoms with Gasteiger partial charge in [0.2, 0.25) is 5.91 Å². The fraction of sp³-hybridized carbons (Fsp3) is 0.333. The second kappa shape index (κ2) is 7.19. The SMILES string of the molecule is O=C(O)CCNC(=O)C(Cc1ccccc1)P(=O)(O)O. The minimum Gasteiger partial charge on any atom is -0.481 e. The van der Waals surface area contributed by atoms with Crippen molar-refractivity contribution in [1.82, 2.24) is 5.32 Å². The summed E-state index contributed by atoms with van der Waals surface area (Å²) in [6.45, 7) is -0.167. The van der Waals surface area contributed by atoms with E-state index >= 15 is 0 Å². The monoisotopic (exact) mass is 301 g/mol. The first-order valence-corrected chi connectivity index (χ1v) is 7.57. The van der Waals surface area contributed by atoms with Crippen LogP contribution in [-0.2, 0) is 20.6 Å². The molecule has 0 saturated carbocycles. The van der Waals surface area contributed by atoms with E-state index in [1.807, 2.05) is 0 Å². The molecule has 0 bridgehead atoms. The lowest BCUT2D eigenvalue weighted by Gasteiger charge is -2.17. The lowest BCUT2D eigenvalue weighted by Crippen LogP contribution is -2.37. The number of carboxylic acid groups (broad SMARTS) is 1. The molecule has 0 fully saturated rings. The molecule has 0 aliphatic carbocycles. The number of carbonyl (C=O) groups excluding carboxylic acids is 1. The van der Waals surface area contributed by atoms with Crippen LogP contribution in [0.15, 0.2) is 30.3 Å². The molecule has 1 unspecified atom stereocenters. The highest BCUT2D eigenvalue weighted by Crippen LogP contribution is 2.42. The molecule has 1 aromatic rings. The van der Waals surface area contributed by atoms with Crippen molar-refractivity contribution in [3.63, 3.8) is 0 Å². The van der Waals surface area contributed by atoms with Crippen molar-refractivity contribution in [2.24, 2.45) is 0 Å². The molecule has 0 radical (unpaired) electrons. The minimum absolute atomic E-state index is 0.107. The van der Waals surface area contributed by atoms with Gasteiger partial charge in [0.15, 0.2) is 0 Å². The molecule has 0 spiro atoms. The van der Waals surface area contributed by atoms with Crippen LogP contribution in [0.5, 0.6) is 0 Å². The fourth-order valence-electron chi connectivity index (χ4n) is 1.61. The molecule has 0 aromatic heterocycles. The third kappa shape index (κ3) is 5.52. The van der Waals surface area contributed by atoms with Crippen molar-refractivity contribution in [2.45, 2.75) is 18.5 Å². The Morgan fingerprint density at radius 2 is 1.80 bits per heavy atom. The Labute approximate surface area is 115 Å². The summed E-state index contributed by atoms with van der Waals surface area (Å²) < 4.78 is 11.4. The van der Waals surface area contributed by atoms with E-state index in [0.29, 0.717) is 5.56 Å². The van der Waals surface area contributed by atoms with Crippen LogP contribution in [0.1, 0.15) is 12.0 Å². The lowest BCUT2D eigenvalue weighted by molar-refractivity contribution is -0.136. The summed E-state index contributed by atoms with van der Waals surface area (Å²) in [6.07, 6.45) is -0.408. The number of hydrogen-bond donors (Lipinski definition) is 4. The molecule has 0 heterocycles. The van der Waals surface area contributed by atoms with E-state index in [-0.39, 0.29) is 19.4 Å². The van der Waals surface area contributed by atoms with Crippen molar-refractivity contribution in [2.75, 3.05) is 6.54 Å². The van der Waals surface area contributed by atoms with Gasteiger partial charge in [-0.15, -0.1) is 0 Å². The van der Waals surface area contributed by atoms with Gasteiger partial charge >= 0.3 is 13.6 Å². The normalized spacial score (nSPS) is 12.7. The van der Waals surface area contributed by atoms with E-state index < -0.39 is 25.1 Å². The second-order valence-electron chi connectivity index (χ2n) is 4.23. The Hall–Kier alpha value is -1.69. The number of hydrogen-bond acceptors (Lipinski definition) is 3. The van der Waals surface area contributed by atoms with Crippen molar-refractivity contribution < 1.29 is 29.0 Å². The molecular weight excluding hydrogens is 285 g/mol. The fourth-order valence-corrected chi connectivity index (χ4v) is 2.46. The van der Waals surface area contributed by atoms with Gasteiger partial charge in [-0.05, 0) is 12.0 Å². The van der Waals surface area contributed by atoms with Crippen molar-refractivity contribution in [3.8, 4) is 0 Å². The van der Waals surface area contributed by atoms with Gasteiger partial charge in [-0.25, -0.2) is 0 Å². The summed E-state index contributed by atoms with van der Waals surface area (Å²) >= 11 is 0. The van der Waals surface area contributed by atoms with Gasteiger partial charge in [0.25, 0.3) is 0 Å². The first-order valence-electron chi connectivity index (χ1n) is 5.89. The first kappa shape index (κ1) is 16.4. The second-order valence-corrected chi connectivity index (χ2v) is 6.03. The predicted molar refractivity (Wildman–Crippen MR) is 71.2 cm³/mol. The average molecular weight is 301 g/mol. The highest BCUT2D eigenvalue weighted by Gasteiger charge is 2.35.